The van der Waals surface area contributed by atoms with Crippen LogP contribution in [0.4, 0.5) is 0 Å². The Balaban J connectivity index is 1.94. The molecular formula is C15H20N2O4S. The molecule has 1 saturated carbocycles. The van der Waals surface area contributed by atoms with Crippen molar-refractivity contribution in [3.05, 3.63) is 22.4 Å². The second kappa shape index (κ2) is 7.40. The highest BCUT2D eigenvalue weighted by Crippen LogP contribution is 2.33. The Morgan fingerprint density at radius 2 is 2.09 bits per heavy atom. The third-order valence-corrected chi connectivity index (χ3v) is 4.54. The van der Waals surface area contributed by atoms with Crippen LogP contribution >= 0.6 is 11.3 Å². The molecule has 120 valence electrons. The molecule has 3 N–H and O–H groups in total. The highest BCUT2D eigenvalue weighted by atomic mass is 32.1. The highest BCUT2D eigenvalue weighted by molar-refractivity contribution is 7.10. The fraction of sp³-hybridized carbons (Fsp3) is 0.533. The van der Waals surface area contributed by atoms with Crippen LogP contribution in [0.1, 0.15) is 43.5 Å². The topological polar surface area (TPSA) is 95.5 Å². The smallest absolute Gasteiger partial charge is 0.326 e. The second-order valence-electron chi connectivity index (χ2n) is 5.61. The van der Waals surface area contributed by atoms with Gasteiger partial charge in [0.15, 0.2) is 0 Å². The first-order valence-corrected chi connectivity index (χ1v) is 8.16. The van der Waals surface area contributed by atoms with Gasteiger partial charge in [0.2, 0.25) is 11.8 Å². The molecule has 0 saturated heterocycles. The molecule has 1 aliphatic rings. The fourth-order valence-corrected chi connectivity index (χ4v) is 3.08. The Hall–Kier alpha value is -1.89. The van der Waals surface area contributed by atoms with E-state index in [1.54, 1.807) is 0 Å². The molecule has 7 heteroatoms. The molecule has 2 amide bonds. The van der Waals surface area contributed by atoms with E-state index in [1.807, 2.05) is 17.5 Å². The largest absolute Gasteiger partial charge is 0.480 e. The van der Waals surface area contributed by atoms with Crippen LogP contribution < -0.4 is 10.6 Å². The molecule has 22 heavy (non-hydrogen) atoms. The molecule has 1 fully saturated rings. The number of nitrogens with one attached hydrogen (secondary N) is 2. The van der Waals surface area contributed by atoms with Gasteiger partial charge in [-0.2, -0.15) is 0 Å². The van der Waals surface area contributed by atoms with Crippen molar-refractivity contribution in [2.75, 3.05) is 0 Å². The van der Waals surface area contributed by atoms with E-state index in [1.165, 1.54) is 18.3 Å². The average molecular weight is 324 g/mol. The van der Waals surface area contributed by atoms with Gasteiger partial charge in [-0.3, -0.25) is 9.59 Å². The first-order valence-electron chi connectivity index (χ1n) is 7.28. The summed E-state index contributed by atoms with van der Waals surface area (Å²) >= 11 is 1.45. The molecule has 0 bridgehead atoms. The number of hydrogen-bond acceptors (Lipinski definition) is 4. The number of thiophene rings is 1. The Kier molecular flexibility index (Phi) is 5.54. The number of carboxylic acids is 1. The van der Waals surface area contributed by atoms with Crippen LogP contribution in [0.15, 0.2) is 17.5 Å². The number of carboxylic acid groups (broad SMARTS) is 1. The van der Waals surface area contributed by atoms with Gasteiger partial charge in [0.1, 0.15) is 6.04 Å². The summed E-state index contributed by atoms with van der Waals surface area (Å²) in [5, 5.41) is 16.4. The maximum Gasteiger partial charge on any atom is 0.326 e. The van der Waals surface area contributed by atoms with E-state index in [0.29, 0.717) is 12.3 Å². The van der Waals surface area contributed by atoms with Crippen molar-refractivity contribution in [1.29, 1.82) is 0 Å². The van der Waals surface area contributed by atoms with E-state index in [0.717, 1.165) is 17.7 Å². The minimum atomic E-state index is -1.01. The van der Waals surface area contributed by atoms with Crippen LogP contribution in [0.25, 0.3) is 0 Å². The van der Waals surface area contributed by atoms with Gasteiger partial charge in [-0.25, -0.2) is 4.79 Å². The fourth-order valence-electron chi connectivity index (χ4n) is 2.30. The van der Waals surface area contributed by atoms with Gasteiger partial charge in [0, 0.05) is 11.8 Å². The lowest BCUT2D eigenvalue weighted by Gasteiger charge is -2.19. The molecule has 0 spiro atoms. The number of rotatable bonds is 8. The molecule has 2 unspecified atom stereocenters. The van der Waals surface area contributed by atoms with Crippen molar-refractivity contribution in [1.82, 2.24) is 10.6 Å². The zero-order chi connectivity index (χ0) is 16.1. The molecule has 1 aromatic heterocycles. The van der Waals surface area contributed by atoms with Crippen molar-refractivity contribution in [2.45, 2.75) is 44.7 Å². The molecule has 2 rings (SSSR count). The molecule has 1 heterocycles. The van der Waals surface area contributed by atoms with Gasteiger partial charge in [-0.15, -0.1) is 11.3 Å². The molecule has 0 aromatic carbocycles. The summed E-state index contributed by atoms with van der Waals surface area (Å²) in [4.78, 5) is 35.5. The van der Waals surface area contributed by atoms with E-state index in [9.17, 15) is 19.5 Å². The van der Waals surface area contributed by atoms with Gasteiger partial charge >= 0.3 is 5.97 Å². The molecule has 1 aliphatic carbocycles. The first-order chi connectivity index (χ1) is 10.5. The second-order valence-corrected chi connectivity index (χ2v) is 6.59. The van der Waals surface area contributed by atoms with E-state index < -0.39 is 18.1 Å². The van der Waals surface area contributed by atoms with Crippen LogP contribution in [0.2, 0.25) is 0 Å². The SMILES string of the molecule is CC(=O)NC(CC(=O)NC(CC1CC1)C(=O)O)c1cccs1. The minimum Gasteiger partial charge on any atom is -0.480 e. The average Bonchev–Trinajstić information content (AvgIpc) is 3.07. The Labute approximate surface area is 132 Å². The zero-order valence-corrected chi connectivity index (χ0v) is 13.2. The lowest BCUT2D eigenvalue weighted by atomic mass is 10.1. The van der Waals surface area contributed by atoms with Crippen LogP contribution in [-0.4, -0.2) is 28.9 Å². The highest BCUT2D eigenvalue weighted by Gasteiger charge is 2.30. The van der Waals surface area contributed by atoms with E-state index in [-0.39, 0.29) is 18.2 Å². The van der Waals surface area contributed by atoms with E-state index >= 15 is 0 Å². The summed E-state index contributed by atoms with van der Waals surface area (Å²) in [6, 6.07) is 2.42. The van der Waals surface area contributed by atoms with Gasteiger partial charge in [-0.1, -0.05) is 18.9 Å². The summed E-state index contributed by atoms with van der Waals surface area (Å²) in [7, 11) is 0. The van der Waals surface area contributed by atoms with Gasteiger partial charge in [0.25, 0.3) is 0 Å². The van der Waals surface area contributed by atoms with E-state index in [4.69, 9.17) is 0 Å². The maximum absolute atomic E-state index is 12.1. The van der Waals surface area contributed by atoms with Crippen LogP contribution in [0.3, 0.4) is 0 Å². The molecule has 0 aliphatic heterocycles. The summed E-state index contributed by atoms with van der Waals surface area (Å²) in [5.41, 5.74) is 0. The normalized spacial score (nSPS) is 16.6. The van der Waals surface area contributed by atoms with Crippen molar-refractivity contribution in [3.63, 3.8) is 0 Å². The van der Waals surface area contributed by atoms with Crippen LogP contribution in [0.5, 0.6) is 0 Å². The minimum absolute atomic E-state index is 0.0363. The van der Waals surface area contributed by atoms with Gasteiger partial charge in [0.05, 0.1) is 12.5 Å². The molecular weight excluding hydrogens is 304 g/mol. The molecule has 1 aromatic rings. The molecule has 0 radical (unpaired) electrons. The molecule has 6 nitrogen and oxygen atoms in total. The predicted molar refractivity (Wildman–Crippen MR) is 82.4 cm³/mol. The van der Waals surface area contributed by atoms with Crippen molar-refractivity contribution < 1.29 is 19.5 Å². The summed E-state index contributed by atoms with van der Waals surface area (Å²) in [6.07, 6.45) is 2.58. The number of amides is 2. The number of aliphatic carboxylic acids is 1. The lowest BCUT2D eigenvalue weighted by molar-refractivity contribution is -0.142. The summed E-state index contributed by atoms with van der Waals surface area (Å²) in [5.74, 6) is -1.18. The van der Waals surface area contributed by atoms with Crippen molar-refractivity contribution in [2.24, 2.45) is 5.92 Å². The number of carbonyl (C=O) groups is 3. The Bertz CT molecular complexity index is 540. The summed E-state index contributed by atoms with van der Waals surface area (Å²) < 4.78 is 0. The van der Waals surface area contributed by atoms with E-state index in [2.05, 4.69) is 10.6 Å². The maximum atomic E-state index is 12.1. The van der Waals surface area contributed by atoms with Gasteiger partial charge < -0.3 is 15.7 Å². The quantitative estimate of drug-likeness (QED) is 0.678. The standard InChI is InChI=1S/C15H20N2O4S/c1-9(18)16-11(13-3-2-6-22-13)8-14(19)17-12(15(20)21)7-10-4-5-10/h2-3,6,10-12H,4-5,7-8H2,1H3,(H,16,18)(H,17,19)(H,20,21). The lowest BCUT2D eigenvalue weighted by Crippen LogP contribution is -2.42. The predicted octanol–water partition coefficient (Wildman–Crippen LogP) is 1.68. The third kappa shape index (κ3) is 5.14. The first kappa shape index (κ1) is 16.5. The molecule has 2 atom stereocenters. The van der Waals surface area contributed by atoms with Crippen LogP contribution in [-0.2, 0) is 14.4 Å². The zero-order valence-electron chi connectivity index (χ0n) is 12.4. The van der Waals surface area contributed by atoms with Crippen LogP contribution in [0, 0.1) is 5.92 Å². The number of carbonyl (C=O) groups excluding carboxylic acids is 2. The number of hydrogen-bond donors (Lipinski definition) is 3. The van der Waals surface area contributed by atoms with Gasteiger partial charge in [-0.05, 0) is 23.8 Å². The van der Waals surface area contributed by atoms with Crippen molar-refractivity contribution >= 4 is 29.1 Å². The monoisotopic (exact) mass is 324 g/mol. The Morgan fingerprint density at radius 3 is 2.59 bits per heavy atom. The Morgan fingerprint density at radius 1 is 1.36 bits per heavy atom. The van der Waals surface area contributed by atoms with Crippen molar-refractivity contribution in [3.8, 4) is 0 Å². The third-order valence-electron chi connectivity index (χ3n) is 3.55. The summed E-state index contributed by atoms with van der Waals surface area (Å²) in [6.45, 7) is 1.39.